The Morgan fingerprint density at radius 2 is 1.88 bits per heavy atom. The molecule has 1 saturated carbocycles. The highest BCUT2D eigenvalue weighted by Gasteiger charge is 2.22. The summed E-state index contributed by atoms with van der Waals surface area (Å²) in [6.45, 7) is 2.05. The summed E-state index contributed by atoms with van der Waals surface area (Å²) in [4.78, 5) is 4.43. The number of pyridine rings is 1. The standard InChI is InChI=1S/C15H24N2/c1-12-9-10-14(11-17-12)15(16-2)13-7-5-3-4-6-8-13/h9-11,13,15-16H,3-8H2,1-2H3. The second kappa shape index (κ2) is 6.15. The van der Waals surface area contributed by atoms with Gasteiger partial charge in [0.2, 0.25) is 0 Å². The molecule has 1 fully saturated rings. The number of hydrogen-bond acceptors (Lipinski definition) is 2. The van der Waals surface area contributed by atoms with E-state index in [2.05, 4.69) is 29.5 Å². The predicted molar refractivity (Wildman–Crippen MR) is 72.0 cm³/mol. The molecule has 17 heavy (non-hydrogen) atoms. The molecule has 0 amide bonds. The van der Waals surface area contributed by atoms with Crippen LogP contribution >= 0.6 is 0 Å². The van der Waals surface area contributed by atoms with Gasteiger partial charge in [-0.1, -0.05) is 31.7 Å². The molecule has 0 saturated heterocycles. The summed E-state index contributed by atoms with van der Waals surface area (Å²) in [5, 5.41) is 3.50. The van der Waals surface area contributed by atoms with Crippen molar-refractivity contribution in [2.75, 3.05) is 7.05 Å². The molecule has 1 aromatic rings. The van der Waals surface area contributed by atoms with Crippen LogP contribution in [0.4, 0.5) is 0 Å². The highest BCUT2D eigenvalue weighted by Crippen LogP contribution is 2.33. The van der Waals surface area contributed by atoms with E-state index in [1.165, 1.54) is 44.1 Å². The molecular weight excluding hydrogens is 208 g/mol. The fourth-order valence-corrected chi connectivity index (χ4v) is 2.98. The molecule has 1 aliphatic rings. The van der Waals surface area contributed by atoms with Crippen molar-refractivity contribution in [1.82, 2.24) is 10.3 Å². The van der Waals surface area contributed by atoms with Gasteiger partial charge < -0.3 is 5.32 Å². The predicted octanol–water partition coefficient (Wildman–Crippen LogP) is 3.62. The van der Waals surface area contributed by atoms with E-state index >= 15 is 0 Å². The van der Waals surface area contributed by atoms with Crippen LogP contribution in [0.5, 0.6) is 0 Å². The van der Waals surface area contributed by atoms with E-state index in [4.69, 9.17) is 0 Å². The molecule has 0 spiro atoms. The Kier molecular flexibility index (Phi) is 4.55. The Morgan fingerprint density at radius 1 is 1.18 bits per heavy atom. The molecule has 2 heteroatoms. The normalized spacial score (nSPS) is 19.9. The van der Waals surface area contributed by atoms with Crippen molar-refractivity contribution in [3.63, 3.8) is 0 Å². The molecule has 2 nitrogen and oxygen atoms in total. The third-order valence-electron chi connectivity index (χ3n) is 3.98. The number of nitrogens with one attached hydrogen (secondary N) is 1. The van der Waals surface area contributed by atoms with Crippen molar-refractivity contribution < 1.29 is 0 Å². The first-order valence-corrected chi connectivity index (χ1v) is 6.91. The van der Waals surface area contributed by atoms with Gasteiger partial charge in [0.15, 0.2) is 0 Å². The monoisotopic (exact) mass is 232 g/mol. The summed E-state index contributed by atoms with van der Waals surface area (Å²) in [7, 11) is 2.08. The first kappa shape index (κ1) is 12.6. The van der Waals surface area contributed by atoms with Crippen LogP contribution in [-0.4, -0.2) is 12.0 Å². The third kappa shape index (κ3) is 3.29. The molecule has 1 atom stereocenters. The number of aromatic nitrogens is 1. The van der Waals surface area contributed by atoms with Crippen LogP contribution < -0.4 is 5.32 Å². The van der Waals surface area contributed by atoms with E-state index < -0.39 is 0 Å². The third-order valence-corrected chi connectivity index (χ3v) is 3.98. The largest absolute Gasteiger partial charge is 0.313 e. The lowest BCUT2D eigenvalue weighted by molar-refractivity contribution is 0.341. The van der Waals surface area contributed by atoms with Crippen molar-refractivity contribution in [1.29, 1.82) is 0 Å². The lowest BCUT2D eigenvalue weighted by atomic mass is 9.88. The fourth-order valence-electron chi connectivity index (χ4n) is 2.98. The maximum Gasteiger partial charge on any atom is 0.0372 e. The van der Waals surface area contributed by atoms with Crippen molar-refractivity contribution in [2.24, 2.45) is 5.92 Å². The van der Waals surface area contributed by atoms with Crippen LogP contribution in [0.3, 0.4) is 0 Å². The second-order valence-corrected chi connectivity index (χ2v) is 5.25. The molecule has 0 aliphatic heterocycles. The van der Waals surface area contributed by atoms with Crippen LogP contribution in [-0.2, 0) is 0 Å². The summed E-state index contributed by atoms with van der Waals surface area (Å²) >= 11 is 0. The highest BCUT2D eigenvalue weighted by molar-refractivity contribution is 5.18. The Bertz CT molecular complexity index is 323. The van der Waals surface area contributed by atoms with Crippen LogP contribution in [0.25, 0.3) is 0 Å². The minimum absolute atomic E-state index is 0.487. The van der Waals surface area contributed by atoms with Crippen molar-refractivity contribution in [3.05, 3.63) is 29.6 Å². The van der Waals surface area contributed by atoms with Gasteiger partial charge in [-0.05, 0) is 44.4 Å². The van der Waals surface area contributed by atoms with E-state index in [0.717, 1.165) is 11.6 Å². The minimum Gasteiger partial charge on any atom is -0.313 e. The SMILES string of the molecule is CNC(c1ccc(C)nc1)C1CCCCCC1. The Morgan fingerprint density at radius 3 is 2.41 bits per heavy atom. The van der Waals surface area contributed by atoms with E-state index in [1.807, 2.05) is 13.1 Å². The average molecular weight is 232 g/mol. The van der Waals surface area contributed by atoms with Gasteiger partial charge in [-0.3, -0.25) is 4.98 Å². The van der Waals surface area contributed by atoms with Crippen LogP contribution in [0, 0.1) is 12.8 Å². The summed E-state index contributed by atoms with van der Waals surface area (Å²) in [6.07, 6.45) is 10.4. The number of hydrogen-bond donors (Lipinski definition) is 1. The van der Waals surface area contributed by atoms with Crippen molar-refractivity contribution >= 4 is 0 Å². The molecular formula is C15H24N2. The van der Waals surface area contributed by atoms with Crippen LogP contribution in [0.1, 0.15) is 55.8 Å². The Balaban J connectivity index is 2.11. The molecule has 1 N–H and O–H groups in total. The Labute approximate surface area is 105 Å². The zero-order valence-electron chi connectivity index (χ0n) is 11.1. The van der Waals surface area contributed by atoms with Gasteiger partial charge in [0, 0.05) is 17.9 Å². The minimum atomic E-state index is 0.487. The van der Waals surface area contributed by atoms with Gasteiger partial charge in [0.1, 0.15) is 0 Å². The van der Waals surface area contributed by atoms with Gasteiger partial charge in [-0.2, -0.15) is 0 Å². The molecule has 2 rings (SSSR count). The lowest BCUT2D eigenvalue weighted by Gasteiger charge is -2.26. The van der Waals surface area contributed by atoms with E-state index in [1.54, 1.807) is 0 Å². The number of rotatable bonds is 3. The summed E-state index contributed by atoms with van der Waals surface area (Å²) in [6, 6.07) is 4.84. The second-order valence-electron chi connectivity index (χ2n) is 5.25. The average Bonchev–Trinajstić information content (AvgIpc) is 2.62. The molecule has 1 aliphatic carbocycles. The van der Waals surface area contributed by atoms with Gasteiger partial charge in [-0.15, -0.1) is 0 Å². The Hall–Kier alpha value is -0.890. The maximum absolute atomic E-state index is 4.43. The molecule has 1 unspecified atom stereocenters. The fraction of sp³-hybridized carbons (Fsp3) is 0.667. The molecule has 1 aromatic heterocycles. The van der Waals surface area contributed by atoms with Crippen LogP contribution in [0.15, 0.2) is 18.3 Å². The topological polar surface area (TPSA) is 24.9 Å². The first-order chi connectivity index (χ1) is 8.31. The van der Waals surface area contributed by atoms with Gasteiger partial charge in [0.05, 0.1) is 0 Å². The quantitative estimate of drug-likeness (QED) is 0.805. The van der Waals surface area contributed by atoms with Gasteiger partial charge in [-0.25, -0.2) is 0 Å². The van der Waals surface area contributed by atoms with E-state index in [9.17, 15) is 0 Å². The zero-order chi connectivity index (χ0) is 12.1. The molecule has 94 valence electrons. The molecule has 0 bridgehead atoms. The first-order valence-electron chi connectivity index (χ1n) is 6.91. The van der Waals surface area contributed by atoms with E-state index in [0.29, 0.717) is 6.04 Å². The summed E-state index contributed by atoms with van der Waals surface area (Å²) in [5.41, 5.74) is 2.45. The van der Waals surface area contributed by atoms with Gasteiger partial charge >= 0.3 is 0 Å². The molecule has 0 aromatic carbocycles. The molecule has 0 radical (unpaired) electrons. The van der Waals surface area contributed by atoms with Crippen LogP contribution in [0.2, 0.25) is 0 Å². The van der Waals surface area contributed by atoms with Crippen molar-refractivity contribution in [2.45, 2.75) is 51.5 Å². The lowest BCUT2D eigenvalue weighted by Crippen LogP contribution is -2.25. The highest BCUT2D eigenvalue weighted by atomic mass is 14.9. The summed E-state index contributed by atoms with van der Waals surface area (Å²) in [5.74, 6) is 0.784. The zero-order valence-corrected chi connectivity index (χ0v) is 11.1. The molecule has 1 heterocycles. The number of aryl methyl sites for hydroxylation is 1. The smallest absolute Gasteiger partial charge is 0.0372 e. The summed E-state index contributed by atoms with van der Waals surface area (Å²) < 4.78 is 0. The maximum atomic E-state index is 4.43. The van der Waals surface area contributed by atoms with Gasteiger partial charge in [0.25, 0.3) is 0 Å². The van der Waals surface area contributed by atoms with E-state index in [-0.39, 0.29) is 0 Å². The number of nitrogens with zero attached hydrogens (tertiary/aromatic N) is 1. The van der Waals surface area contributed by atoms with Crippen molar-refractivity contribution in [3.8, 4) is 0 Å².